The van der Waals surface area contributed by atoms with Gasteiger partial charge in [-0.3, -0.25) is 14.4 Å². The van der Waals surface area contributed by atoms with Crippen LogP contribution < -0.4 is 4.72 Å². The number of likely N-dealkylation sites (tertiary alicyclic amines) is 2. The van der Waals surface area contributed by atoms with Crippen LogP contribution in [0.15, 0.2) is 28.5 Å². The molecule has 2 aromatic rings. The largest absolute Gasteiger partial charge is 0.341 e. The molecule has 184 valence electrons. The third kappa shape index (κ3) is 5.22. The Balaban J connectivity index is 1.39. The van der Waals surface area contributed by atoms with Gasteiger partial charge in [-0.25, -0.2) is 8.42 Å². The SMILES string of the molecule is CC(=O)N(C)C1CCN(C(=O)CN2CCCC(NS(=O)(=O)c3cc4ccc(Cl)cc4s3)C2=O)C1. The van der Waals surface area contributed by atoms with E-state index >= 15 is 0 Å². The third-order valence-electron chi connectivity index (χ3n) is 6.44. The molecule has 0 saturated carbocycles. The average molecular weight is 527 g/mol. The van der Waals surface area contributed by atoms with E-state index in [-0.39, 0.29) is 28.6 Å². The first-order valence-electron chi connectivity index (χ1n) is 11.1. The summed E-state index contributed by atoms with van der Waals surface area (Å²) in [6.07, 6.45) is 1.65. The molecule has 2 aliphatic heterocycles. The van der Waals surface area contributed by atoms with Crippen LogP contribution in [0.4, 0.5) is 0 Å². The van der Waals surface area contributed by atoms with Crippen LogP contribution in [0.2, 0.25) is 5.02 Å². The molecule has 1 aromatic heterocycles. The molecule has 0 radical (unpaired) electrons. The highest BCUT2D eigenvalue weighted by Crippen LogP contribution is 2.31. The molecule has 34 heavy (non-hydrogen) atoms. The van der Waals surface area contributed by atoms with Crippen molar-refractivity contribution in [2.45, 2.75) is 42.5 Å². The van der Waals surface area contributed by atoms with E-state index in [0.29, 0.717) is 43.9 Å². The van der Waals surface area contributed by atoms with Gasteiger partial charge in [0, 0.05) is 43.3 Å². The molecule has 2 aliphatic rings. The van der Waals surface area contributed by atoms with Crippen LogP contribution in [0.3, 0.4) is 0 Å². The van der Waals surface area contributed by atoms with Gasteiger partial charge >= 0.3 is 0 Å². The lowest BCUT2D eigenvalue weighted by atomic mass is 10.1. The first-order valence-corrected chi connectivity index (χ1v) is 13.7. The number of halogens is 1. The molecule has 1 N–H and O–H groups in total. The molecule has 2 saturated heterocycles. The fourth-order valence-electron chi connectivity index (χ4n) is 4.37. The zero-order valence-electron chi connectivity index (χ0n) is 19.0. The number of thiophene rings is 1. The topological polar surface area (TPSA) is 107 Å². The van der Waals surface area contributed by atoms with Gasteiger partial charge in [-0.2, -0.15) is 4.72 Å². The number of nitrogens with zero attached hydrogens (tertiary/aromatic N) is 3. The highest BCUT2D eigenvalue weighted by molar-refractivity contribution is 7.91. The lowest BCUT2D eigenvalue weighted by molar-refractivity contribution is -0.142. The fraction of sp³-hybridized carbons (Fsp3) is 0.500. The molecular weight excluding hydrogens is 500 g/mol. The van der Waals surface area contributed by atoms with E-state index in [0.717, 1.165) is 21.4 Å². The van der Waals surface area contributed by atoms with E-state index < -0.39 is 22.0 Å². The van der Waals surface area contributed by atoms with Crippen LogP contribution in [-0.2, 0) is 24.4 Å². The van der Waals surface area contributed by atoms with Gasteiger partial charge in [0.15, 0.2) is 0 Å². The maximum Gasteiger partial charge on any atom is 0.250 e. The smallest absolute Gasteiger partial charge is 0.250 e. The second-order valence-corrected chi connectivity index (χ2v) is 12.2. The van der Waals surface area contributed by atoms with Crippen LogP contribution in [0.1, 0.15) is 26.2 Å². The summed E-state index contributed by atoms with van der Waals surface area (Å²) < 4.78 is 29.4. The summed E-state index contributed by atoms with van der Waals surface area (Å²) in [5.74, 6) is -0.649. The van der Waals surface area contributed by atoms with Crippen molar-refractivity contribution in [3.8, 4) is 0 Å². The number of carbonyl (C=O) groups is 3. The Labute approximate surface area is 207 Å². The Kier molecular flexibility index (Phi) is 7.18. The van der Waals surface area contributed by atoms with Crippen molar-refractivity contribution in [3.63, 3.8) is 0 Å². The number of fused-ring (bicyclic) bond motifs is 1. The number of carbonyl (C=O) groups excluding carboxylic acids is 3. The Hall–Kier alpha value is -2.21. The molecule has 1 aromatic carbocycles. The number of hydrogen-bond acceptors (Lipinski definition) is 6. The van der Waals surface area contributed by atoms with Crippen molar-refractivity contribution < 1.29 is 22.8 Å². The molecule has 3 amide bonds. The number of piperidine rings is 1. The van der Waals surface area contributed by atoms with Crippen LogP contribution in [0.25, 0.3) is 10.1 Å². The van der Waals surface area contributed by atoms with Crippen LogP contribution in [0.5, 0.6) is 0 Å². The van der Waals surface area contributed by atoms with Crippen molar-refractivity contribution >= 4 is 60.8 Å². The first kappa shape index (κ1) is 24.9. The minimum Gasteiger partial charge on any atom is -0.341 e. The fourth-order valence-corrected chi connectivity index (χ4v) is 7.28. The number of nitrogens with one attached hydrogen (secondary N) is 1. The van der Waals surface area contributed by atoms with Crippen molar-refractivity contribution in [3.05, 3.63) is 29.3 Å². The molecule has 0 aliphatic carbocycles. The van der Waals surface area contributed by atoms with Gasteiger partial charge in [0.05, 0.1) is 12.6 Å². The van der Waals surface area contributed by atoms with E-state index in [9.17, 15) is 22.8 Å². The number of sulfonamides is 1. The summed E-state index contributed by atoms with van der Waals surface area (Å²) in [5, 5.41) is 1.28. The van der Waals surface area contributed by atoms with Crippen molar-refractivity contribution in [1.29, 1.82) is 0 Å². The Morgan fingerprint density at radius 1 is 1.24 bits per heavy atom. The summed E-state index contributed by atoms with van der Waals surface area (Å²) in [7, 11) is -2.20. The van der Waals surface area contributed by atoms with E-state index in [1.165, 1.54) is 11.8 Å². The Bertz CT molecular complexity index is 1230. The maximum atomic E-state index is 13.0. The normalized spacial score (nSPS) is 21.3. The predicted molar refractivity (Wildman–Crippen MR) is 130 cm³/mol. The minimum absolute atomic E-state index is 0.0331. The third-order valence-corrected chi connectivity index (χ3v) is 9.72. The summed E-state index contributed by atoms with van der Waals surface area (Å²) in [4.78, 5) is 42.2. The average Bonchev–Trinajstić information content (AvgIpc) is 3.43. The number of likely N-dealkylation sites (N-methyl/N-ethyl adjacent to an activating group) is 1. The van der Waals surface area contributed by atoms with Gasteiger partial charge in [-0.1, -0.05) is 17.7 Å². The van der Waals surface area contributed by atoms with Crippen LogP contribution >= 0.6 is 22.9 Å². The zero-order valence-corrected chi connectivity index (χ0v) is 21.4. The molecule has 0 spiro atoms. The molecule has 4 rings (SSSR count). The highest BCUT2D eigenvalue weighted by Gasteiger charge is 2.36. The summed E-state index contributed by atoms with van der Waals surface area (Å²) >= 11 is 7.09. The number of amides is 3. The lowest BCUT2D eigenvalue weighted by Crippen LogP contribution is -2.54. The molecule has 9 nitrogen and oxygen atoms in total. The van der Waals surface area contributed by atoms with Crippen LogP contribution in [0, 0.1) is 0 Å². The van der Waals surface area contributed by atoms with Crippen molar-refractivity contribution in [1.82, 2.24) is 19.4 Å². The van der Waals surface area contributed by atoms with Gasteiger partial charge in [-0.05, 0) is 42.8 Å². The van der Waals surface area contributed by atoms with Gasteiger partial charge in [0.25, 0.3) is 10.0 Å². The van der Waals surface area contributed by atoms with Gasteiger partial charge < -0.3 is 14.7 Å². The summed E-state index contributed by atoms with van der Waals surface area (Å²) in [6.45, 7) is 2.74. The molecular formula is C22H27ClN4O5S2. The number of rotatable bonds is 6. The summed E-state index contributed by atoms with van der Waals surface area (Å²) in [5.41, 5.74) is 0. The Morgan fingerprint density at radius 3 is 2.74 bits per heavy atom. The molecule has 2 fully saturated rings. The number of benzene rings is 1. The van der Waals surface area contributed by atoms with Gasteiger partial charge in [0.2, 0.25) is 17.7 Å². The van der Waals surface area contributed by atoms with Crippen LogP contribution in [-0.4, -0.2) is 86.1 Å². The zero-order chi connectivity index (χ0) is 24.6. The van der Waals surface area contributed by atoms with Gasteiger partial charge in [0.1, 0.15) is 10.3 Å². The van der Waals surface area contributed by atoms with E-state index in [4.69, 9.17) is 11.6 Å². The standard InChI is InChI=1S/C22H27ClN4O5S2/c1-14(28)25(2)17-7-9-26(12-17)20(29)13-27-8-3-4-18(22(27)30)24-34(31,32)21-10-15-5-6-16(23)11-19(15)33-21/h5-6,10-11,17-18,24H,3-4,7-9,12-13H2,1-2H3. The van der Waals surface area contributed by atoms with Gasteiger partial charge in [-0.15, -0.1) is 11.3 Å². The minimum atomic E-state index is -3.91. The molecule has 3 heterocycles. The molecule has 2 unspecified atom stereocenters. The van der Waals surface area contributed by atoms with Crippen molar-refractivity contribution in [2.75, 3.05) is 33.2 Å². The van der Waals surface area contributed by atoms with Crippen molar-refractivity contribution in [2.24, 2.45) is 0 Å². The molecule has 2 atom stereocenters. The van der Waals surface area contributed by atoms with E-state index in [1.807, 2.05) is 0 Å². The van der Waals surface area contributed by atoms with E-state index in [1.54, 1.807) is 41.1 Å². The first-order chi connectivity index (χ1) is 16.0. The Morgan fingerprint density at radius 2 is 2.00 bits per heavy atom. The number of hydrogen-bond donors (Lipinski definition) is 1. The quantitative estimate of drug-likeness (QED) is 0.618. The maximum absolute atomic E-state index is 13.0. The molecule has 12 heteroatoms. The monoisotopic (exact) mass is 526 g/mol. The second-order valence-electron chi connectivity index (χ2n) is 8.74. The second kappa shape index (κ2) is 9.80. The van der Waals surface area contributed by atoms with E-state index in [2.05, 4.69) is 4.72 Å². The lowest BCUT2D eigenvalue weighted by Gasteiger charge is -2.33. The predicted octanol–water partition coefficient (Wildman–Crippen LogP) is 1.90. The highest BCUT2D eigenvalue weighted by atomic mass is 35.5. The summed E-state index contributed by atoms with van der Waals surface area (Å²) in [6, 6.07) is 5.76. The molecule has 0 bridgehead atoms.